The minimum atomic E-state index is -1.30. The van der Waals surface area contributed by atoms with Gasteiger partial charge in [0.05, 0.1) is 6.10 Å². The molecule has 0 aliphatic carbocycles. The largest absolute Gasteiger partial charge is 0.487 e. The molecule has 0 radical (unpaired) electrons. The van der Waals surface area contributed by atoms with Crippen molar-refractivity contribution in [3.63, 3.8) is 0 Å². The third-order valence-electron chi connectivity index (χ3n) is 5.74. The van der Waals surface area contributed by atoms with Crippen LogP contribution in [0.1, 0.15) is 32.3 Å². The topological polar surface area (TPSA) is 124 Å². The van der Waals surface area contributed by atoms with Crippen LogP contribution in [0.2, 0.25) is 25.7 Å². The Bertz CT molecular complexity index is 1370. The number of imidazole rings is 1. The molecule has 0 saturated carbocycles. The van der Waals surface area contributed by atoms with E-state index < -0.39 is 13.8 Å². The lowest BCUT2D eigenvalue weighted by Crippen LogP contribution is -2.27. The molecule has 1 unspecified atom stereocenters. The zero-order valence-electron chi connectivity index (χ0n) is 22.9. The quantitative estimate of drug-likeness (QED) is 0.183. The van der Waals surface area contributed by atoms with Crippen molar-refractivity contribution >= 4 is 19.2 Å². The summed E-state index contributed by atoms with van der Waals surface area (Å²) in [7, 11) is -1.30. The fourth-order valence-corrected chi connectivity index (χ4v) is 4.44. The first-order chi connectivity index (χ1) is 18.1. The molecule has 11 heteroatoms. The smallest absolute Gasteiger partial charge is 0.338 e. The molecule has 0 aromatic carbocycles. The molecule has 0 spiro atoms. The van der Waals surface area contributed by atoms with Gasteiger partial charge in [-0.05, 0) is 50.4 Å². The standard InChI is InChI=1S/C27H37N5O5Si/c1-19(2)17-36-22-11-12-29-25-24(22)32(27(34)31(25)18-35-14-15-38(4,5)6)23-10-9-21(16-28)26(30-23)37-20(3)8-7-13-33/h9-12,20,33H,1,7-8,13-15,17-18H2,2-6H3. The molecule has 0 aliphatic rings. The second-order valence-corrected chi connectivity index (χ2v) is 16.2. The van der Waals surface area contributed by atoms with Gasteiger partial charge in [-0.3, -0.25) is 4.57 Å². The van der Waals surface area contributed by atoms with Gasteiger partial charge in [0, 0.05) is 33.6 Å². The van der Waals surface area contributed by atoms with Gasteiger partial charge >= 0.3 is 5.69 Å². The third kappa shape index (κ3) is 7.31. The molecule has 0 saturated heterocycles. The summed E-state index contributed by atoms with van der Waals surface area (Å²) in [5.41, 5.74) is 1.49. The molecule has 1 atom stereocenters. The molecule has 10 nitrogen and oxygen atoms in total. The number of hydrogen-bond acceptors (Lipinski definition) is 8. The molecular formula is C27H37N5O5Si. The van der Waals surface area contributed by atoms with E-state index in [-0.39, 0.29) is 43.3 Å². The van der Waals surface area contributed by atoms with Crippen molar-refractivity contribution in [3.8, 4) is 23.5 Å². The van der Waals surface area contributed by atoms with E-state index in [0.29, 0.717) is 36.4 Å². The van der Waals surface area contributed by atoms with Crippen molar-refractivity contribution in [1.82, 2.24) is 19.1 Å². The van der Waals surface area contributed by atoms with Gasteiger partial charge in [-0.1, -0.05) is 26.2 Å². The van der Waals surface area contributed by atoms with Crippen LogP contribution in [0.4, 0.5) is 0 Å². The normalized spacial score (nSPS) is 12.3. The van der Waals surface area contributed by atoms with Gasteiger partial charge in [-0.2, -0.15) is 10.2 Å². The Morgan fingerprint density at radius 3 is 2.71 bits per heavy atom. The Hall–Kier alpha value is -3.46. The number of hydrogen-bond donors (Lipinski definition) is 1. The lowest BCUT2D eigenvalue weighted by Gasteiger charge is -2.15. The van der Waals surface area contributed by atoms with Gasteiger partial charge in [0.15, 0.2) is 5.65 Å². The van der Waals surface area contributed by atoms with E-state index in [9.17, 15) is 10.1 Å². The van der Waals surface area contributed by atoms with Crippen molar-refractivity contribution in [3.05, 3.63) is 52.6 Å². The highest BCUT2D eigenvalue weighted by Crippen LogP contribution is 2.28. The van der Waals surface area contributed by atoms with Gasteiger partial charge in [0.25, 0.3) is 0 Å². The van der Waals surface area contributed by atoms with Crippen molar-refractivity contribution in [2.24, 2.45) is 0 Å². The summed E-state index contributed by atoms with van der Waals surface area (Å²) in [5, 5.41) is 18.7. The summed E-state index contributed by atoms with van der Waals surface area (Å²) in [6.07, 6.45) is 2.44. The molecular weight excluding hydrogens is 502 g/mol. The molecule has 3 rings (SSSR count). The lowest BCUT2D eigenvalue weighted by molar-refractivity contribution is 0.0871. The number of ether oxygens (including phenoxy) is 3. The van der Waals surface area contributed by atoms with E-state index in [2.05, 4.69) is 42.3 Å². The Morgan fingerprint density at radius 2 is 2.05 bits per heavy atom. The van der Waals surface area contributed by atoms with Crippen molar-refractivity contribution in [2.45, 2.75) is 65.2 Å². The second kappa shape index (κ2) is 12.9. The van der Waals surface area contributed by atoms with E-state index in [0.717, 1.165) is 11.6 Å². The number of pyridine rings is 2. The minimum Gasteiger partial charge on any atom is -0.487 e. The average molecular weight is 540 g/mol. The van der Waals surface area contributed by atoms with Gasteiger partial charge in [0.1, 0.15) is 42.1 Å². The van der Waals surface area contributed by atoms with Crippen LogP contribution < -0.4 is 15.2 Å². The van der Waals surface area contributed by atoms with Crippen LogP contribution in [0.15, 0.2) is 41.3 Å². The zero-order chi connectivity index (χ0) is 27.9. The Kier molecular flexibility index (Phi) is 9.85. The average Bonchev–Trinajstić information content (AvgIpc) is 3.15. The number of aliphatic hydroxyl groups excluding tert-OH is 1. The predicted molar refractivity (Wildman–Crippen MR) is 149 cm³/mol. The number of fused-ring (bicyclic) bond motifs is 1. The van der Waals surface area contributed by atoms with Crippen LogP contribution in [0.25, 0.3) is 17.0 Å². The first kappa shape index (κ1) is 29.1. The highest BCUT2D eigenvalue weighted by atomic mass is 28.3. The van der Waals surface area contributed by atoms with E-state index in [1.165, 1.54) is 9.13 Å². The Morgan fingerprint density at radius 1 is 1.29 bits per heavy atom. The van der Waals surface area contributed by atoms with Crippen LogP contribution in [0.3, 0.4) is 0 Å². The van der Waals surface area contributed by atoms with Crippen LogP contribution >= 0.6 is 0 Å². The fourth-order valence-electron chi connectivity index (χ4n) is 3.68. The summed E-state index contributed by atoms with van der Waals surface area (Å²) in [4.78, 5) is 22.8. The zero-order valence-corrected chi connectivity index (χ0v) is 23.9. The first-order valence-corrected chi connectivity index (χ1v) is 16.4. The summed E-state index contributed by atoms with van der Waals surface area (Å²) < 4.78 is 20.7. The second-order valence-electron chi connectivity index (χ2n) is 10.5. The monoisotopic (exact) mass is 539 g/mol. The molecule has 3 aromatic heterocycles. The maximum atomic E-state index is 13.8. The van der Waals surface area contributed by atoms with Gasteiger partial charge in [0.2, 0.25) is 5.88 Å². The van der Waals surface area contributed by atoms with Crippen molar-refractivity contribution in [2.75, 3.05) is 19.8 Å². The summed E-state index contributed by atoms with van der Waals surface area (Å²) in [6.45, 7) is 15.3. The summed E-state index contributed by atoms with van der Waals surface area (Å²) in [5.74, 6) is 0.821. The number of nitrogens with zero attached hydrogens (tertiary/aromatic N) is 5. The molecule has 204 valence electrons. The Labute approximate surface area is 224 Å². The van der Waals surface area contributed by atoms with Crippen LogP contribution in [-0.2, 0) is 11.5 Å². The molecule has 0 fully saturated rings. The van der Waals surface area contributed by atoms with Crippen molar-refractivity contribution < 1.29 is 19.3 Å². The third-order valence-corrected chi connectivity index (χ3v) is 7.44. The number of aromatic nitrogens is 4. The van der Waals surface area contributed by atoms with Gasteiger partial charge in [-0.15, -0.1) is 0 Å². The SMILES string of the molecule is C=C(C)COc1ccnc2c1n(-c1ccc(C#N)c(OC(C)CCCO)n1)c(=O)n2COCC[Si](C)(C)C. The fraction of sp³-hybridized carbons (Fsp3) is 0.481. The summed E-state index contributed by atoms with van der Waals surface area (Å²) >= 11 is 0. The molecule has 3 aromatic rings. The van der Waals surface area contributed by atoms with Crippen LogP contribution in [-0.4, -0.2) is 58.2 Å². The maximum absolute atomic E-state index is 13.8. The maximum Gasteiger partial charge on any atom is 0.338 e. The van der Waals surface area contributed by atoms with E-state index in [1.807, 2.05) is 13.8 Å². The van der Waals surface area contributed by atoms with E-state index in [1.54, 1.807) is 24.4 Å². The highest BCUT2D eigenvalue weighted by Gasteiger charge is 2.23. The van der Waals surface area contributed by atoms with Gasteiger partial charge in [-0.25, -0.2) is 14.3 Å². The number of rotatable bonds is 14. The number of aliphatic hydroxyl groups is 1. The van der Waals surface area contributed by atoms with Crippen LogP contribution in [0, 0.1) is 11.3 Å². The predicted octanol–water partition coefficient (Wildman–Crippen LogP) is 4.26. The molecule has 1 N–H and O–H groups in total. The number of nitriles is 1. The molecule has 38 heavy (non-hydrogen) atoms. The van der Waals surface area contributed by atoms with Gasteiger partial charge < -0.3 is 19.3 Å². The minimum absolute atomic E-state index is 0.0293. The van der Waals surface area contributed by atoms with Crippen LogP contribution in [0.5, 0.6) is 11.6 Å². The van der Waals surface area contributed by atoms with E-state index in [4.69, 9.17) is 19.3 Å². The highest BCUT2D eigenvalue weighted by molar-refractivity contribution is 6.76. The molecule has 0 amide bonds. The van der Waals surface area contributed by atoms with E-state index >= 15 is 0 Å². The molecule has 0 aliphatic heterocycles. The Balaban J connectivity index is 2.11. The molecule has 0 bridgehead atoms. The lowest BCUT2D eigenvalue weighted by atomic mass is 10.2. The van der Waals surface area contributed by atoms with Crippen molar-refractivity contribution in [1.29, 1.82) is 5.26 Å². The summed E-state index contributed by atoms with van der Waals surface area (Å²) in [6, 6.07) is 7.91. The molecule has 3 heterocycles. The first-order valence-electron chi connectivity index (χ1n) is 12.7.